The maximum Gasteiger partial charge on any atom is 0.481 e. The third kappa shape index (κ3) is 8.87. The van der Waals surface area contributed by atoms with Crippen LogP contribution in [0.2, 0.25) is 0 Å². The van der Waals surface area contributed by atoms with Gasteiger partial charge in [0.15, 0.2) is 0 Å². The molecule has 3 aromatic rings. The lowest BCUT2D eigenvalue weighted by Crippen LogP contribution is -2.65. The smallest absolute Gasteiger partial charge is 0.460 e. The molecule has 51 heavy (non-hydrogen) atoms. The average Bonchev–Trinajstić information content (AvgIpc) is 3.44. The first kappa shape index (κ1) is 37.1. The van der Waals surface area contributed by atoms with Gasteiger partial charge in [-0.3, -0.25) is 29.4 Å². The van der Waals surface area contributed by atoms with Crippen LogP contribution < -0.4 is 5.32 Å². The first-order valence-electron chi connectivity index (χ1n) is 18.5. The van der Waals surface area contributed by atoms with Crippen molar-refractivity contribution < 1.29 is 23.6 Å². The van der Waals surface area contributed by atoms with Crippen molar-refractivity contribution in [2.75, 3.05) is 0 Å². The summed E-state index contributed by atoms with van der Waals surface area (Å²) in [5, 5.41) is 3.25. The third-order valence-electron chi connectivity index (χ3n) is 11.2. The Labute approximate surface area is 303 Å². The van der Waals surface area contributed by atoms with Crippen LogP contribution in [-0.2, 0) is 38.5 Å². The Morgan fingerprint density at radius 1 is 0.941 bits per heavy atom. The summed E-state index contributed by atoms with van der Waals surface area (Å²) in [6.45, 7) is 16.4. The summed E-state index contributed by atoms with van der Waals surface area (Å²) in [6.07, 6.45) is 8.97. The molecule has 0 aromatic carbocycles. The second kappa shape index (κ2) is 15.1. The summed E-state index contributed by atoms with van der Waals surface area (Å²) in [5.74, 6) is 0.259. The van der Waals surface area contributed by atoms with Gasteiger partial charge in [0, 0.05) is 44.6 Å². The lowest BCUT2D eigenvalue weighted by molar-refractivity contribution is -0.199. The Kier molecular flexibility index (Phi) is 11.0. The molecule has 2 bridgehead atoms. The van der Waals surface area contributed by atoms with E-state index in [0.29, 0.717) is 56.3 Å². The lowest BCUT2D eigenvalue weighted by atomic mass is 9.43. The summed E-state index contributed by atoms with van der Waals surface area (Å²) >= 11 is 0. The van der Waals surface area contributed by atoms with E-state index in [1.54, 1.807) is 18.6 Å². The molecule has 10 nitrogen and oxygen atoms in total. The van der Waals surface area contributed by atoms with Crippen molar-refractivity contribution in [3.05, 3.63) is 89.8 Å². The molecule has 6 atom stereocenters. The first-order valence-corrected chi connectivity index (χ1v) is 18.5. The van der Waals surface area contributed by atoms with E-state index in [-0.39, 0.29) is 29.3 Å². The molecule has 1 amide bonds. The van der Waals surface area contributed by atoms with Gasteiger partial charge in [0.2, 0.25) is 0 Å². The van der Waals surface area contributed by atoms with Crippen LogP contribution >= 0.6 is 0 Å². The first-order chi connectivity index (χ1) is 24.2. The highest BCUT2D eigenvalue weighted by Crippen LogP contribution is 2.65. The fraction of sp³-hybridized carbons (Fsp3) is 0.575. The highest BCUT2D eigenvalue weighted by Gasteiger charge is 2.68. The number of amides is 1. The molecular formula is C40H54BN5O5. The predicted molar refractivity (Wildman–Crippen MR) is 196 cm³/mol. The van der Waals surface area contributed by atoms with Gasteiger partial charge < -0.3 is 19.4 Å². The van der Waals surface area contributed by atoms with E-state index in [1.165, 1.54) is 0 Å². The van der Waals surface area contributed by atoms with Crippen LogP contribution in [0.25, 0.3) is 0 Å². The van der Waals surface area contributed by atoms with Gasteiger partial charge in [0.25, 0.3) is 5.91 Å². The van der Waals surface area contributed by atoms with Gasteiger partial charge in [-0.2, -0.15) is 0 Å². The SMILES string of the molecule is C[C@@H](CC[C@H](NC(=O)c1ccc(CN(Cc2ccccn2)Cc2ccccn2)nc1)B1O[C@@H]2C[C@@H]3C[C@@H](C3(C)C)[C@]2(C)O1)CC(=O)OC(C)(C)C. The summed E-state index contributed by atoms with van der Waals surface area (Å²) in [4.78, 5) is 42.4. The topological polar surface area (TPSA) is 116 Å². The maximum absolute atomic E-state index is 13.8. The number of hydrogen-bond acceptors (Lipinski definition) is 9. The van der Waals surface area contributed by atoms with Gasteiger partial charge in [-0.25, -0.2) is 0 Å². The quantitative estimate of drug-likeness (QED) is 0.147. The Bertz CT molecular complexity index is 1590. The van der Waals surface area contributed by atoms with Gasteiger partial charge in [0.1, 0.15) is 5.60 Å². The second-order valence-corrected chi connectivity index (χ2v) is 16.7. The van der Waals surface area contributed by atoms with Crippen LogP contribution in [0.4, 0.5) is 0 Å². The number of carbonyl (C=O) groups is 2. The van der Waals surface area contributed by atoms with Gasteiger partial charge in [-0.1, -0.05) is 32.9 Å². The number of esters is 1. The molecule has 0 unspecified atom stereocenters. The highest BCUT2D eigenvalue weighted by atomic mass is 16.7. The Hall–Kier alpha value is -3.67. The van der Waals surface area contributed by atoms with Crippen molar-refractivity contribution in [1.82, 2.24) is 25.2 Å². The molecule has 4 fully saturated rings. The van der Waals surface area contributed by atoms with E-state index in [2.05, 4.69) is 41.0 Å². The van der Waals surface area contributed by atoms with Crippen LogP contribution in [0.1, 0.15) is 108 Å². The Morgan fingerprint density at radius 2 is 1.59 bits per heavy atom. The molecule has 3 aromatic heterocycles. The minimum Gasteiger partial charge on any atom is -0.460 e. The summed E-state index contributed by atoms with van der Waals surface area (Å²) < 4.78 is 19.0. The minimum atomic E-state index is -0.577. The number of aromatic nitrogens is 3. The largest absolute Gasteiger partial charge is 0.481 e. The van der Waals surface area contributed by atoms with E-state index in [9.17, 15) is 9.59 Å². The van der Waals surface area contributed by atoms with Crippen LogP contribution in [0.5, 0.6) is 0 Å². The summed E-state index contributed by atoms with van der Waals surface area (Å²) in [5.41, 5.74) is 2.52. The van der Waals surface area contributed by atoms with E-state index in [0.717, 1.165) is 29.9 Å². The zero-order valence-electron chi connectivity index (χ0n) is 31.3. The number of ether oxygens (including phenoxy) is 1. The van der Waals surface area contributed by atoms with Gasteiger partial charge in [-0.05, 0) is 113 Å². The molecular weight excluding hydrogens is 641 g/mol. The molecule has 1 aliphatic heterocycles. The van der Waals surface area contributed by atoms with Crippen LogP contribution in [0.15, 0.2) is 67.1 Å². The van der Waals surface area contributed by atoms with Crippen molar-refractivity contribution in [3.8, 4) is 0 Å². The molecule has 7 rings (SSSR count). The fourth-order valence-corrected chi connectivity index (χ4v) is 8.32. The Morgan fingerprint density at radius 3 is 2.14 bits per heavy atom. The molecule has 11 heteroatoms. The molecule has 4 aliphatic rings. The van der Waals surface area contributed by atoms with Crippen molar-refractivity contribution in [2.45, 2.75) is 123 Å². The van der Waals surface area contributed by atoms with Crippen LogP contribution in [0.3, 0.4) is 0 Å². The fourth-order valence-electron chi connectivity index (χ4n) is 8.32. The summed E-state index contributed by atoms with van der Waals surface area (Å²) in [7, 11) is -0.577. The number of pyridine rings is 3. The zero-order valence-corrected chi connectivity index (χ0v) is 31.3. The minimum absolute atomic E-state index is 0.000989. The average molecular weight is 696 g/mol. The van der Waals surface area contributed by atoms with E-state index in [1.807, 2.05) is 76.2 Å². The molecule has 0 radical (unpaired) electrons. The number of nitrogens with one attached hydrogen (secondary N) is 1. The molecule has 0 spiro atoms. The zero-order chi connectivity index (χ0) is 36.4. The van der Waals surface area contributed by atoms with E-state index < -0.39 is 24.3 Å². The second-order valence-electron chi connectivity index (χ2n) is 16.7. The number of hydrogen-bond donors (Lipinski definition) is 1. The number of carbonyl (C=O) groups excluding carboxylic acids is 2. The van der Waals surface area contributed by atoms with Crippen LogP contribution in [0, 0.1) is 23.2 Å². The highest BCUT2D eigenvalue weighted by molar-refractivity contribution is 6.48. The molecule has 1 N–H and O–H groups in total. The predicted octanol–water partition coefficient (Wildman–Crippen LogP) is 6.59. The Balaban J connectivity index is 1.13. The van der Waals surface area contributed by atoms with Crippen molar-refractivity contribution in [1.29, 1.82) is 0 Å². The number of nitrogens with zero attached hydrogens (tertiary/aromatic N) is 4. The number of rotatable bonds is 14. The van der Waals surface area contributed by atoms with E-state index >= 15 is 0 Å². The molecule has 3 saturated carbocycles. The van der Waals surface area contributed by atoms with Gasteiger partial charge >= 0.3 is 13.1 Å². The molecule has 4 heterocycles. The standard InChI is InChI=1S/C40H54BN5O5/c1-27(20-36(47)49-38(2,3)4)14-17-35(41-50-34-22-29-21-33(39(29,5)6)40(34,7)51-41)45-37(48)28-15-16-32(44-23-28)26-46(24-30-12-8-10-18-42-30)25-31-13-9-11-19-43-31/h8-13,15-16,18-19,23,27,29,33-35H,14,17,20-22,24-26H2,1-7H3,(H,45,48)/t27-,29-,33-,34+,35-,40-/m0/s1. The monoisotopic (exact) mass is 695 g/mol. The molecule has 272 valence electrons. The molecule has 3 aliphatic carbocycles. The maximum atomic E-state index is 13.8. The van der Waals surface area contributed by atoms with E-state index in [4.69, 9.17) is 19.0 Å². The van der Waals surface area contributed by atoms with Crippen LogP contribution in [-0.4, -0.2) is 62.1 Å². The third-order valence-corrected chi connectivity index (χ3v) is 11.2. The van der Waals surface area contributed by atoms with Gasteiger partial charge in [-0.15, -0.1) is 0 Å². The van der Waals surface area contributed by atoms with Crippen molar-refractivity contribution >= 4 is 19.0 Å². The van der Waals surface area contributed by atoms with Crippen molar-refractivity contribution in [2.24, 2.45) is 23.2 Å². The summed E-state index contributed by atoms with van der Waals surface area (Å²) in [6, 6.07) is 15.6. The van der Waals surface area contributed by atoms with Gasteiger partial charge in [0.05, 0.1) is 40.3 Å². The lowest BCUT2D eigenvalue weighted by Gasteiger charge is -2.64. The normalized spacial score (nSPS) is 24.7. The molecule has 1 saturated heterocycles. The van der Waals surface area contributed by atoms with Crippen molar-refractivity contribution in [3.63, 3.8) is 0 Å².